The first-order valence-electron chi connectivity index (χ1n) is 8.06. The van der Waals surface area contributed by atoms with Crippen LogP contribution in [-0.2, 0) is 0 Å². The molecule has 0 aliphatic carbocycles. The van der Waals surface area contributed by atoms with Gasteiger partial charge in [0.2, 0.25) is 0 Å². The van der Waals surface area contributed by atoms with Crippen LogP contribution in [-0.4, -0.2) is 29.9 Å². The Morgan fingerprint density at radius 2 is 1.38 bits per heavy atom. The van der Waals surface area contributed by atoms with Crippen molar-refractivity contribution in [2.45, 2.75) is 20.3 Å². The Hall–Kier alpha value is -1.18. The molecule has 0 radical (unpaired) electrons. The fraction of sp³-hybridized carbons (Fsp3) is 0.263. The van der Waals surface area contributed by atoms with E-state index >= 15 is 0 Å². The predicted molar refractivity (Wildman–Crippen MR) is 111 cm³/mol. The van der Waals surface area contributed by atoms with Gasteiger partial charge < -0.3 is 4.74 Å². The Bertz CT molecular complexity index is 847. The Labute approximate surface area is 177 Å². The zero-order valence-corrected chi connectivity index (χ0v) is 19.0. The van der Waals surface area contributed by atoms with Crippen LogP contribution < -0.4 is 4.74 Å². The molecule has 0 atom stereocenters. The van der Waals surface area contributed by atoms with Crippen molar-refractivity contribution >= 4 is 59.6 Å². The standard InChI is InChI=1S/C19H16Br3NO3/c1-10-14(20)16(22)15(21)11(2)17(10)26-9-5-8-23-18(24)12-6-3-4-7-13(12)19(23)25/h3-4,6-7H,5,8-9H2,1-2H3. The van der Waals surface area contributed by atoms with Gasteiger partial charge in [-0.1, -0.05) is 12.1 Å². The van der Waals surface area contributed by atoms with Gasteiger partial charge in [-0.3, -0.25) is 14.5 Å². The molecule has 3 rings (SSSR count). The molecular weight excluding hydrogens is 530 g/mol. The molecule has 2 aromatic carbocycles. The Morgan fingerprint density at radius 1 is 0.885 bits per heavy atom. The summed E-state index contributed by atoms with van der Waals surface area (Å²) in [6.07, 6.45) is 0.565. The van der Waals surface area contributed by atoms with Crippen LogP contribution in [0.2, 0.25) is 0 Å². The van der Waals surface area contributed by atoms with Crippen LogP contribution in [0.25, 0.3) is 0 Å². The Balaban J connectivity index is 1.64. The van der Waals surface area contributed by atoms with Gasteiger partial charge in [0.15, 0.2) is 0 Å². The van der Waals surface area contributed by atoms with E-state index in [4.69, 9.17) is 4.74 Å². The van der Waals surface area contributed by atoms with Crippen LogP contribution in [0, 0.1) is 13.8 Å². The lowest BCUT2D eigenvalue weighted by Gasteiger charge is -2.18. The van der Waals surface area contributed by atoms with Gasteiger partial charge in [0.1, 0.15) is 5.75 Å². The number of hydrogen-bond donors (Lipinski definition) is 0. The SMILES string of the molecule is Cc1c(Br)c(Br)c(Br)c(C)c1OCCCN1C(=O)c2ccccc2C1=O. The molecule has 0 fully saturated rings. The molecule has 0 aromatic heterocycles. The fourth-order valence-corrected chi connectivity index (χ4v) is 4.58. The van der Waals surface area contributed by atoms with Gasteiger partial charge in [0, 0.05) is 31.1 Å². The lowest BCUT2D eigenvalue weighted by Crippen LogP contribution is -2.31. The largest absolute Gasteiger partial charge is 0.493 e. The molecule has 4 nitrogen and oxygen atoms in total. The number of fused-ring (bicyclic) bond motifs is 1. The average molecular weight is 546 g/mol. The van der Waals surface area contributed by atoms with Crippen LogP contribution >= 0.6 is 47.8 Å². The number of ether oxygens (including phenoxy) is 1. The summed E-state index contributed by atoms with van der Waals surface area (Å²) in [4.78, 5) is 26.0. The minimum atomic E-state index is -0.230. The summed E-state index contributed by atoms with van der Waals surface area (Å²) < 4.78 is 8.78. The average Bonchev–Trinajstić information content (AvgIpc) is 2.89. The van der Waals surface area contributed by atoms with Gasteiger partial charge >= 0.3 is 0 Å². The molecule has 0 saturated carbocycles. The van der Waals surface area contributed by atoms with E-state index in [9.17, 15) is 9.59 Å². The third-order valence-electron chi connectivity index (χ3n) is 4.38. The minimum Gasteiger partial charge on any atom is -0.493 e. The molecule has 0 N–H and O–H groups in total. The second-order valence-corrected chi connectivity index (χ2v) is 8.41. The number of nitrogens with zero attached hydrogens (tertiary/aromatic N) is 1. The fourth-order valence-electron chi connectivity index (χ4n) is 2.96. The third kappa shape index (κ3) is 3.37. The van der Waals surface area contributed by atoms with Gasteiger partial charge in [0.25, 0.3) is 11.8 Å². The van der Waals surface area contributed by atoms with Gasteiger partial charge in [-0.25, -0.2) is 0 Å². The van der Waals surface area contributed by atoms with Crippen LogP contribution in [0.3, 0.4) is 0 Å². The number of imide groups is 1. The number of hydrogen-bond acceptors (Lipinski definition) is 3. The van der Waals surface area contributed by atoms with E-state index in [2.05, 4.69) is 47.8 Å². The molecule has 7 heteroatoms. The first kappa shape index (κ1) is 19.6. The van der Waals surface area contributed by atoms with Crippen LogP contribution in [0.15, 0.2) is 37.7 Å². The first-order chi connectivity index (χ1) is 12.3. The Morgan fingerprint density at radius 3 is 1.88 bits per heavy atom. The normalized spacial score (nSPS) is 13.3. The predicted octanol–water partition coefficient (Wildman–Crippen LogP) is 5.66. The zero-order chi connectivity index (χ0) is 19.0. The Kier molecular flexibility index (Phi) is 5.89. The summed E-state index contributed by atoms with van der Waals surface area (Å²) in [5.41, 5.74) is 2.95. The van der Waals surface area contributed by atoms with E-state index in [1.165, 1.54) is 4.90 Å². The molecule has 0 unspecified atom stereocenters. The molecule has 1 aliphatic heterocycles. The van der Waals surface area contributed by atoms with Crippen molar-refractivity contribution in [1.82, 2.24) is 4.90 Å². The van der Waals surface area contributed by atoms with Crippen LogP contribution in [0.4, 0.5) is 0 Å². The molecule has 0 bridgehead atoms. The van der Waals surface area contributed by atoms with Crippen molar-refractivity contribution in [3.05, 3.63) is 59.9 Å². The summed E-state index contributed by atoms with van der Waals surface area (Å²) in [6.45, 7) is 4.71. The van der Waals surface area contributed by atoms with Gasteiger partial charge in [-0.15, -0.1) is 0 Å². The molecule has 26 heavy (non-hydrogen) atoms. The van der Waals surface area contributed by atoms with Crippen LogP contribution in [0.1, 0.15) is 38.3 Å². The zero-order valence-electron chi connectivity index (χ0n) is 14.2. The van der Waals surface area contributed by atoms with E-state index < -0.39 is 0 Å². The lowest BCUT2D eigenvalue weighted by molar-refractivity contribution is 0.0646. The second kappa shape index (κ2) is 7.82. The third-order valence-corrected chi connectivity index (χ3v) is 8.22. The summed E-state index contributed by atoms with van der Waals surface area (Å²) in [5, 5.41) is 0. The summed E-state index contributed by atoms with van der Waals surface area (Å²) in [5.74, 6) is 0.341. The van der Waals surface area contributed by atoms with E-state index in [-0.39, 0.29) is 11.8 Å². The van der Waals surface area contributed by atoms with Gasteiger partial charge in [-0.05, 0) is 80.2 Å². The molecule has 1 aliphatic rings. The maximum atomic E-state index is 12.4. The highest BCUT2D eigenvalue weighted by Crippen LogP contribution is 2.42. The molecule has 1 heterocycles. The number of carbonyl (C=O) groups excluding carboxylic acids is 2. The second-order valence-electron chi connectivity index (χ2n) is 6.03. The smallest absolute Gasteiger partial charge is 0.261 e. The van der Waals surface area contributed by atoms with E-state index in [1.807, 2.05) is 13.8 Å². The quantitative estimate of drug-likeness (QED) is 0.277. The van der Waals surface area contributed by atoms with Gasteiger partial charge in [-0.2, -0.15) is 0 Å². The highest BCUT2D eigenvalue weighted by Gasteiger charge is 2.34. The maximum Gasteiger partial charge on any atom is 0.261 e. The molecule has 2 amide bonds. The highest BCUT2D eigenvalue weighted by molar-refractivity contribution is 9.14. The molecule has 136 valence electrons. The number of halogens is 3. The van der Waals surface area contributed by atoms with Crippen molar-refractivity contribution in [2.24, 2.45) is 0 Å². The van der Waals surface area contributed by atoms with Gasteiger partial charge in [0.05, 0.1) is 17.7 Å². The van der Waals surface area contributed by atoms with E-state index in [0.717, 1.165) is 30.3 Å². The summed E-state index contributed by atoms with van der Waals surface area (Å²) in [6, 6.07) is 6.92. The molecular formula is C19H16Br3NO3. The highest BCUT2D eigenvalue weighted by atomic mass is 79.9. The number of benzene rings is 2. The topological polar surface area (TPSA) is 46.6 Å². The van der Waals surface area contributed by atoms with Crippen molar-refractivity contribution in [1.29, 1.82) is 0 Å². The number of amides is 2. The monoisotopic (exact) mass is 543 g/mol. The van der Waals surface area contributed by atoms with Crippen molar-refractivity contribution < 1.29 is 14.3 Å². The first-order valence-corrected chi connectivity index (χ1v) is 10.4. The van der Waals surface area contributed by atoms with E-state index in [1.54, 1.807) is 24.3 Å². The van der Waals surface area contributed by atoms with Crippen molar-refractivity contribution in [3.8, 4) is 5.75 Å². The minimum absolute atomic E-state index is 0.230. The summed E-state index contributed by atoms with van der Waals surface area (Å²) >= 11 is 10.6. The summed E-state index contributed by atoms with van der Waals surface area (Å²) in [7, 11) is 0. The van der Waals surface area contributed by atoms with Crippen molar-refractivity contribution in [2.75, 3.05) is 13.2 Å². The van der Waals surface area contributed by atoms with E-state index in [0.29, 0.717) is 30.7 Å². The lowest BCUT2D eigenvalue weighted by atomic mass is 10.1. The molecule has 0 spiro atoms. The maximum absolute atomic E-state index is 12.4. The van der Waals surface area contributed by atoms with Crippen molar-refractivity contribution in [3.63, 3.8) is 0 Å². The number of carbonyl (C=O) groups is 2. The van der Waals surface area contributed by atoms with Crippen LogP contribution in [0.5, 0.6) is 5.75 Å². The molecule has 2 aromatic rings. The molecule has 0 saturated heterocycles. The number of rotatable bonds is 5.